The zero-order valence-electron chi connectivity index (χ0n) is 21.0. The van der Waals surface area contributed by atoms with Crippen molar-refractivity contribution in [2.24, 2.45) is 12.8 Å². The van der Waals surface area contributed by atoms with Crippen molar-refractivity contribution >= 4 is 28.3 Å². The summed E-state index contributed by atoms with van der Waals surface area (Å²) in [5.74, 6) is -1.42. The van der Waals surface area contributed by atoms with Crippen LogP contribution in [0.4, 0.5) is 20.2 Å². The molecule has 3 N–H and O–H groups in total. The highest BCUT2D eigenvalue weighted by Crippen LogP contribution is 2.39. The number of fused-ring (bicyclic) bond motifs is 1. The number of hydrogen-bond acceptors (Lipinski definition) is 6. The molecule has 1 aliphatic rings. The van der Waals surface area contributed by atoms with Gasteiger partial charge in [0.25, 0.3) is 5.91 Å². The number of pyridine rings is 1. The Kier molecular flexibility index (Phi) is 6.28. The van der Waals surface area contributed by atoms with E-state index in [-0.39, 0.29) is 34.7 Å². The average Bonchev–Trinajstić information content (AvgIpc) is 3.35. The zero-order chi connectivity index (χ0) is 26.4. The number of imidazole rings is 1. The van der Waals surface area contributed by atoms with Gasteiger partial charge in [-0.3, -0.25) is 9.78 Å². The van der Waals surface area contributed by atoms with Gasteiger partial charge in [0.05, 0.1) is 35.1 Å². The van der Waals surface area contributed by atoms with Crippen LogP contribution in [0.2, 0.25) is 0 Å². The molecule has 2 unspecified atom stereocenters. The van der Waals surface area contributed by atoms with Gasteiger partial charge in [-0.2, -0.15) is 0 Å². The fraction of sp³-hybridized carbons (Fsp3) is 0.296. The van der Waals surface area contributed by atoms with Gasteiger partial charge in [0.15, 0.2) is 5.82 Å². The molecule has 0 bridgehead atoms. The molecule has 5 rings (SSSR count). The van der Waals surface area contributed by atoms with Gasteiger partial charge in [-0.1, -0.05) is 6.07 Å². The van der Waals surface area contributed by atoms with Crippen molar-refractivity contribution < 1.29 is 18.3 Å². The van der Waals surface area contributed by atoms with Crippen molar-refractivity contribution in [1.29, 1.82) is 0 Å². The van der Waals surface area contributed by atoms with E-state index < -0.39 is 17.5 Å². The highest BCUT2D eigenvalue weighted by molar-refractivity contribution is 6.09. The number of carbonyl (C=O) groups excluding carboxylic acids is 1. The van der Waals surface area contributed by atoms with Crippen LogP contribution in [-0.2, 0) is 7.05 Å². The van der Waals surface area contributed by atoms with Crippen molar-refractivity contribution in [3.8, 4) is 17.0 Å². The number of halogens is 2. The van der Waals surface area contributed by atoms with Gasteiger partial charge in [0.2, 0.25) is 0 Å². The standard InChI is InChI=1S/C27H28F2N6O2/c1-14-12-16(30)13-35(14)26-19(8-9-20-24(26)32-15(2)34(20)3)33-27(36)17-10-11-31-25(23(17)29)22-18(28)6-5-7-21(22)37-4/h5-11,14,16H,12-13,30H2,1-4H3,(H,33,36). The maximum absolute atomic E-state index is 15.6. The first-order valence-corrected chi connectivity index (χ1v) is 12.0. The molecule has 0 saturated carbocycles. The first kappa shape index (κ1) is 24.6. The van der Waals surface area contributed by atoms with Crippen LogP contribution in [0.1, 0.15) is 29.5 Å². The summed E-state index contributed by atoms with van der Waals surface area (Å²) in [4.78, 5) is 24.3. The molecule has 2 aromatic heterocycles. The minimum absolute atomic E-state index is 0.0189. The molecule has 4 aromatic rings. The number of anilines is 2. The monoisotopic (exact) mass is 506 g/mol. The first-order chi connectivity index (χ1) is 17.7. The highest BCUT2D eigenvalue weighted by Gasteiger charge is 2.31. The molecule has 1 aliphatic heterocycles. The number of hydrogen-bond donors (Lipinski definition) is 2. The van der Waals surface area contributed by atoms with Gasteiger partial charge in [-0.25, -0.2) is 13.8 Å². The molecule has 0 spiro atoms. The lowest BCUT2D eigenvalue weighted by molar-refractivity contribution is 0.102. The van der Waals surface area contributed by atoms with Crippen molar-refractivity contribution in [1.82, 2.24) is 14.5 Å². The number of rotatable bonds is 5. The quantitative estimate of drug-likeness (QED) is 0.416. The number of benzene rings is 2. The number of carbonyl (C=O) groups is 1. The van der Waals surface area contributed by atoms with Crippen molar-refractivity contribution in [2.75, 3.05) is 23.9 Å². The van der Waals surface area contributed by atoms with E-state index >= 15 is 4.39 Å². The molecule has 1 saturated heterocycles. The molecular formula is C27H28F2N6O2. The number of ether oxygens (including phenoxy) is 1. The fourth-order valence-corrected chi connectivity index (χ4v) is 5.02. The van der Waals surface area contributed by atoms with Crippen LogP contribution in [0.15, 0.2) is 42.6 Å². The molecule has 0 radical (unpaired) electrons. The van der Waals surface area contributed by atoms with Crippen molar-refractivity contribution in [3.05, 3.63) is 65.6 Å². The van der Waals surface area contributed by atoms with Crippen LogP contribution in [-0.4, -0.2) is 46.2 Å². The van der Waals surface area contributed by atoms with E-state index in [1.807, 2.05) is 24.6 Å². The number of amides is 1. The normalized spacial score (nSPS) is 17.4. The van der Waals surface area contributed by atoms with Gasteiger partial charge in [0, 0.05) is 31.9 Å². The lowest BCUT2D eigenvalue weighted by Gasteiger charge is -2.27. The number of nitrogens with one attached hydrogen (secondary N) is 1. The summed E-state index contributed by atoms with van der Waals surface area (Å²) in [6.45, 7) is 4.58. The Morgan fingerprint density at radius 3 is 2.70 bits per heavy atom. The predicted molar refractivity (Wildman–Crippen MR) is 139 cm³/mol. The van der Waals surface area contributed by atoms with Crippen LogP contribution in [0, 0.1) is 18.6 Å². The third-order valence-corrected chi connectivity index (χ3v) is 6.96. The Morgan fingerprint density at radius 1 is 1.22 bits per heavy atom. The van der Waals surface area contributed by atoms with E-state index in [1.165, 1.54) is 37.6 Å². The van der Waals surface area contributed by atoms with Crippen LogP contribution < -0.4 is 20.7 Å². The highest BCUT2D eigenvalue weighted by atomic mass is 19.1. The maximum atomic E-state index is 15.6. The minimum atomic E-state index is -0.948. The van der Waals surface area contributed by atoms with E-state index in [4.69, 9.17) is 15.5 Å². The Balaban J connectivity index is 1.59. The van der Waals surface area contributed by atoms with Crippen molar-refractivity contribution in [2.45, 2.75) is 32.4 Å². The summed E-state index contributed by atoms with van der Waals surface area (Å²) >= 11 is 0. The summed E-state index contributed by atoms with van der Waals surface area (Å²) in [5, 5.41) is 2.86. The molecule has 37 heavy (non-hydrogen) atoms. The Hall–Kier alpha value is -4.05. The number of nitrogens with two attached hydrogens (primary N) is 1. The fourth-order valence-electron chi connectivity index (χ4n) is 5.02. The Labute approximate surface area is 213 Å². The van der Waals surface area contributed by atoms with E-state index in [9.17, 15) is 9.18 Å². The van der Waals surface area contributed by atoms with E-state index in [0.29, 0.717) is 12.2 Å². The largest absolute Gasteiger partial charge is 0.496 e. The second-order valence-corrected chi connectivity index (χ2v) is 9.34. The summed E-state index contributed by atoms with van der Waals surface area (Å²) < 4.78 is 37.5. The molecule has 8 nitrogen and oxygen atoms in total. The van der Waals surface area contributed by atoms with Crippen LogP contribution in [0.25, 0.3) is 22.3 Å². The number of methoxy groups -OCH3 is 1. The summed E-state index contributed by atoms with van der Waals surface area (Å²) in [6, 6.07) is 9.16. The lowest BCUT2D eigenvalue weighted by Crippen LogP contribution is -2.30. The second-order valence-electron chi connectivity index (χ2n) is 9.34. The van der Waals surface area contributed by atoms with Crippen LogP contribution in [0.3, 0.4) is 0 Å². The molecule has 0 aliphatic carbocycles. The predicted octanol–water partition coefficient (Wildman–Crippen LogP) is 4.41. The average molecular weight is 507 g/mol. The van der Waals surface area contributed by atoms with Gasteiger partial charge < -0.3 is 25.3 Å². The topological polar surface area (TPSA) is 98.3 Å². The van der Waals surface area contributed by atoms with Gasteiger partial charge >= 0.3 is 0 Å². The molecule has 192 valence electrons. The summed E-state index contributed by atoms with van der Waals surface area (Å²) in [5.41, 5.74) is 8.37. The molecule has 2 atom stereocenters. The minimum Gasteiger partial charge on any atom is -0.496 e. The first-order valence-electron chi connectivity index (χ1n) is 12.0. The maximum Gasteiger partial charge on any atom is 0.258 e. The van der Waals surface area contributed by atoms with Gasteiger partial charge in [-0.15, -0.1) is 0 Å². The van der Waals surface area contributed by atoms with Gasteiger partial charge in [-0.05, 0) is 50.6 Å². The molecule has 3 heterocycles. The van der Waals surface area contributed by atoms with Crippen molar-refractivity contribution in [3.63, 3.8) is 0 Å². The second kappa shape index (κ2) is 9.44. The molecule has 1 fully saturated rings. The molecule has 10 heteroatoms. The third-order valence-electron chi connectivity index (χ3n) is 6.96. The van der Waals surface area contributed by atoms with Crippen LogP contribution >= 0.6 is 0 Å². The third kappa shape index (κ3) is 4.17. The zero-order valence-corrected chi connectivity index (χ0v) is 21.0. The smallest absolute Gasteiger partial charge is 0.258 e. The molecular weight excluding hydrogens is 478 g/mol. The summed E-state index contributed by atoms with van der Waals surface area (Å²) in [6.07, 6.45) is 2.06. The van der Waals surface area contributed by atoms with E-state index in [0.717, 1.165) is 29.0 Å². The SMILES string of the molecule is COc1cccc(F)c1-c1nccc(C(=O)Nc2ccc3c(nc(C)n3C)c2N2CC(N)CC2C)c1F. The Bertz CT molecular complexity index is 1520. The molecule has 2 aromatic carbocycles. The number of aryl methyl sites for hydroxylation is 2. The van der Waals surface area contributed by atoms with E-state index in [2.05, 4.69) is 22.1 Å². The van der Waals surface area contributed by atoms with E-state index in [1.54, 1.807) is 6.07 Å². The lowest BCUT2D eigenvalue weighted by atomic mass is 10.1. The number of nitrogens with zero attached hydrogens (tertiary/aromatic N) is 4. The molecule has 1 amide bonds. The summed E-state index contributed by atoms with van der Waals surface area (Å²) in [7, 11) is 3.28. The Morgan fingerprint density at radius 2 is 2.00 bits per heavy atom. The van der Waals surface area contributed by atoms with Crippen LogP contribution in [0.5, 0.6) is 5.75 Å². The van der Waals surface area contributed by atoms with Gasteiger partial charge in [0.1, 0.15) is 28.6 Å². The number of aromatic nitrogens is 3.